The first-order valence-electron chi connectivity index (χ1n) is 11.8. The zero-order valence-electron chi connectivity index (χ0n) is 21.7. The molecule has 2 aromatic rings. The molecule has 0 aliphatic rings. The second kappa shape index (κ2) is 10.3. The molecule has 0 aromatic heterocycles. The van der Waals surface area contributed by atoms with Crippen molar-refractivity contribution in [3.05, 3.63) is 46.5 Å². The minimum atomic E-state index is 0.331. The smallest absolute Gasteiger partial charge is 0.0704 e. The molecule has 0 amide bonds. The lowest BCUT2D eigenvalue weighted by Crippen LogP contribution is -2.08. The summed E-state index contributed by atoms with van der Waals surface area (Å²) >= 11 is 0. The van der Waals surface area contributed by atoms with Crippen LogP contribution in [0.1, 0.15) is 115 Å². The quantitative estimate of drug-likeness (QED) is 0.340. The molecule has 0 atom stereocenters. The SMILES string of the molecule is CC(=Nc1c(C(C)C)cc(N)cc1C(C)C)C(C)=Nc1c(C(C)C)cc(N)cc1C(C)C. The lowest BCUT2D eigenvalue weighted by atomic mass is 9.91. The Balaban J connectivity index is 2.70. The van der Waals surface area contributed by atoms with Crippen LogP contribution in [-0.2, 0) is 0 Å². The number of benzene rings is 2. The van der Waals surface area contributed by atoms with Crippen molar-refractivity contribution < 1.29 is 0 Å². The van der Waals surface area contributed by atoms with Gasteiger partial charge in [-0.2, -0.15) is 0 Å². The van der Waals surface area contributed by atoms with E-state index >= 15 is 0 Å². The molecule has 0 unspecified atom stereocenters. The number of rotatable bonds is 7. The molecule has 0 saturated carbocycles. The summed E-state index contributed by atoms with van der Waals surface area (Å²) in [4.78, 5) is 10.2. The molecule has 0 heterocycles. The lowest BCUT2D eigenvalue weighted by molar-refractivity contribution is 0.835. The molecule has 0 radical (unpaired) electrons. The number of anilines is 2. The molecular weight excluding hydrogens is 392 g/mol. The third-order valence-corrected chi connectivity index (χ3v) is 5.95. The zero-order valence-corrected chi connectivity index (χ0v) is 21.7. The Hall–Kier alpha value is -2.62. The van der Waals surface area contributed by atoms with E-state index in [0.717, 1.165) is 34.2 Å². The molecule has 4 nitrogen and oxygen atoms in total. The van der Waals surface area contributed by atoms with Crippen LogP contribution >= 0.6 is 0 Å². The van der Waals surface area contributed by atoms with Gasteiger partial charge in [-0.25, -0.2) is 0 Å². The monoisotopic (exact) mass is 434 g/mol. The number of nitrogens with two attached hydrogens (primary N) is 2. The third kappa shape index (κ3) is 5.79. The largest absolute Gasteiger partial charge is 0.399 e. The van der Waals surface area contributed by atoms with Crippen molar-refractivity contribution in [2.45, 2.75) is 92.9 Å². The molecule has 32 heavy (non-hydrogen) atoms. The highest BCUT2D eigenvalue weighted by atomic mass is 14.8. The van der Waals surface area contributed by atoms with Crippen LogP contribution in [0.5, 0.6) is 0 Å². The van der Waals surface area contributed by atoms with Gasteiger partial charge in [0.2, 0.25) is 0 Å². The van der Waals surface area contributed by atoms with E-state index in [4.69, 9.17) is 21.5 Å². The fourth-order valence-electron chi connectivity index (χ4n) is 3.92. The highest BCUT2D eigenvalue weighted by Gasteiger charge is 2.18. The van der Waals surface area contributed by atoms with Crippen molar-refractivity contribution in [1.29, 1.82) is 0 Å². The van der Waals surface area contributed by atoms with Gasteiger partial charge in [-0.3, -0.25) is 9.98 Å². The van der Waals surface area contributed by atoms with Crippen molar-refractivity contribution in [2.75, 3.05) is 11.5 Å². The summed E-state index contributed by atoms with van der Waals surface area (Å²) in [6.07, 6.45) is 0. The van der Waals surface area contributed by atoms with Gasteiger partial charge < -0.3 is 11.5 Å². The minimum absolute atomic E-state index is 0.331. The predicted molar refractivity (Wildman–Crippen MR) is 144 cm³/mol. The summed E-state index contributed by atoms with van der Waals surface area (Å²) < 4.78 is 0. The number of hydrogen-bond acceptors (Lipinski definition) is 4. The summed E-state index contributed by atoms with van der Waals surface area (Å²) in [7, 11) is 0. The van der Waals surface area contributed by atoms with Gasteiger partial charge in [0.15, 0.2) is 0 Å². The molecule has 0 aliphatic carbocycles. The Kier molecular flexibility index (Phi) is 8.28. The first-order chi connectivity index (χ1) is 14.8. The van der Waals surface area contributed by atoms with Gasteiger partial charge in [0, 0.05) is 11.4 Å². The van der Waals surface area contributed by atoms with Crippen LogP contribution in [0.3, 0.4) is 0 Å². The average Bonchev–Trinajstić information content (AvgIpc) is 2.68. The number of hydrogen-bond donors (Lipinski definition) is 2. The second-order valence-corrected chi connectivity index (χ2v) is 10.1. The fourth-order valence-corrected chi connectivity index (χ4v) is 3.92. The molecule has 0 aliphatic heterocycles. The van der Waals surface area contributed by atoms with E-state index in [2.05, 4.69) is 79.7 Å². The van der Waals surface area contributed by atoms with Crippen LogP contribution in [0.4, 0.5) is 22.7 Å². The van der Waals surface area contributed by atoms with Gasteiger partial charge >= 0.3 is 0 Å². The van der Waals surface area contributed by atoms with E-state index < -0.39 is 0 Å². The molecule has 2 rings (SSSR count). The number of nitrogen functional groups attached to an aromatic ring is 2. The number of nitrogens with zero attached hydrogens (tertiary/aromatic N) is 2. The van der Waals surface area contributed by atoms with Gasteiger partial charge in [0.1, 0.15) is 0 Å². The molecule has 2 aromatic carbocycles. The Bertz CT molecular complexity index is 882. The first kappa shape index (κ1) is 25.6. The lowest BCUT2D eigenvalue weighted by Gasteiger charge is -2.19. The van der Waals surface area contributed by atoms with Crippen LogP contribution in [0.15, 0.2) is 34.3 Å². The van der Waals surface area contributed by atoms with Crippen molar-refractivity contribution in [3.63, 3.8) is 0 Å². The summed E-state index contributed by atoms with van der Waals surface area (Å²) in [6.45, 7) is 21.6. The fraction of sp³-hybridized carbons (Fsp3) is 0.500. The Labute approximate surface area is 195 Å². The van der Waals surface area contributed by atoms with Crippen LogP contribution in [0, 0.1) is 0 Å². The van der Waals surface area contributed by atoms with E-state index in [-0.39, 0.29) is 0 Å². The summed E-state index contributed by atoms with van der Waals surface area (Å²) in [5, 5.41) is 0. The van der Waals surface area contributed by atoms with E-state index in [9.17, 15) is 0 Å². The molecule has 0 spiro atoms. The van der Waals surface area contributed by atoms with Crippen molar-refractivity contribution in [3.8, 4) is 0 Å². The normalized spacial score (nSPS) is 13.2. The molecule has 0 bridgehead atoms. The van der Waals surface area contributed by atoms with Crippen molar-refractivity contribution in [2.24, 2.45) is 9.98 Å². The molecule has 4 heteroatoms. The van der Waals surface area contributed by atoms with Crippen molar-refractivity contribution >= 4 is 34.2 Å². The Morgan fingerprint density at radius 2 is 0.750 bits per heavy atom. The summed E-state index contributed by atoms with van der Waals surface area (Å²) in [5.74, 6) is 1.32. The Morgan fingerprint density at radius 1 is 0.531 bits per heavy atom. The summed E-state index contributed by atoms with van der Waals surface area (Å²) in [6, 6.07) is 8.23. The molecule has 4 N–H and O–H groups in total. The third-order valence-electron chi connectivity index (χ3n) is 5.95. The van der Waals surface area contributed by atoms with Gasteiger partial charge in [0.05, 0.1) is 22.8 Å². The first-order valence-corrected chi connectivity index (χ1v) is 11.8. The standard InChI is InChI=1S/C28H42N4/c1-15(2)23-11-21(29)12-24(16(3)4)27(23)31-19(9)20(10)32-28-25(17(5)6)13-22(30)14-26(28)18(7)8/h11-18H,29-30H2,1-10H3. The highest BCUT2D eigenvalue weighted by Crippen LogP contribution is 2.39. The molecule has 174 valence electrons. The highest BCUT2D eigenvalue weighted by molar-refractivity contribution is 6.41. The minimum Gasteiger partial charge on any atom is -0.399 e. The molecule has 0 fully saturated rings. The second-order valence-electron chi connectivity index (χ2n) is 10.1. The van der Waals surface area contributed by atoms with E-state index in [1.807, 2.05) is 13.8 Å². The maximum absolute atomic E-state index is 6.22. The van der Waals surface area contributed by atoms with Crippen LogP contribution in [0.25, 0.3) is 0 Å². The van der Waals surface area contributed by atoms with E-state index in [0.29, 0.717) is 23.7 Å². The van der Waals surface area contributed by atoms with Gasteiger partial charge in [-0.05, 0) is 84.0 Å². The maximum Gasteiger partial charge on any atom is 0.0704 e. The van der Waals surface area contributed by atoms with Gasteiger partial charge in [0.25, 0.3) is 0 Å². The zero-order chi connectivity index (χ0) is 24.3. The van der Waals surface area contributed by atoms with E-state index in [1.54, 1.807) is 0 Å². The Morgan fingerprint density at radius 3 is 0.938 bits per heavy atom. The van der Waals surface area contributed by atoms with Crippen LogP contribution < -0.4 is 11.5 Å². The van der Waals surface area contributed by atoms with Crippen LogP contribution in [-0.4, -0.2) is 11.4 Å². The van der Waals surface area contributed by atoms with E-state index in [1.165, 1.54) is 22.3 Å². The molecule has 0 saturated heterocycles. The maximum atomic E-state index is 6.22. The van der Waals surface area contributed by atoms with Gasteiger partial charge in [-0.15, -0.1) is 0 Å². The van der Waals surface area contributed by atoms with Crippen molar-refractivity contribution in [1.82, 2.24) is 0 Å². The number of aliphatic imine (C=N–C) groups is 2. The van der Waals surface area contributed by atoms with Crippen LogP contribution in [0.2, 0.25) is 0 Å². The van der Waals surface area contributed by atoms with Gasteiger partial charge in [-0.1, -0.05) is 55.4 Å². The summed E-state index contributed by atoms with van der Waals surface area (Å²) in [5.41, 5.74) is 22.6. The topological polar surface area (TPSA) is 76.8 Å². The molecular formula is C28H42N4. The average molecular weight is 435 g/mol. The predicted octanol–water partition coefficient (Wildman–Crippen LogP) is 8.23.